The third kappa shape index (κ3) is 12.9. The number of rotatable bonds is 15. The van der Waals surface area contributed by atoms with E-state index in [-0.39, 0.29) is 37.4 Å². The van der Waals surface area contributed by atoms with E-state index in [1.165, 1.54) is 39.9 Å². The molecule has 416 valence electrons. The number of carbonyl (C=O) groups is 4. The predicted molar refractivity (Wildman–Crippen MR) is 268 cm³/mol. The van der Waals surface area contributed by atoms with E-state index in [2.05, 4.69) is 10.3 Å². The normalized spacial score (nSPS) is 39.9. The van der Waals surface area contributed by atoms with Gasteiger partial charge in [-0.2, -0.15) is 0 Å². The summed E-state index contributed by atoms with van der Waals surface area (Å²) in [4.78, 5) is 56.8. The summed E-state index contributed by atoms with van der Waals surface area (Å²) in [6.45, 7) is 19.4. The molecule has 19 atom stereocenters. The van der Waals surface area contributed by atoms with Gasteiger partial charge < -0.3 is 63.2 Å². The molecule has 4 saturated heterocycles. The maximum Gasteiger partial charge on any atom is 0.414 e. The number of amides is 1. The Morgan fingerprint density at radius 2 is 1.55 bits per heavy atom. The van der Waals surface area contributed by atoms with Crippen LogP contribution in [0.2, 0.25) is 0 Å². The van der Waals surface area contributed by atoms with E-state index < -0.39 is 126 Å². The smallest absolute Gasteiger partial charge is 0.414 e. The molecule has 4 aliphatic rings. The number of nitrogens with zero attached hydrogens (tertiary/aromatic N) is 5. The fraction of sp³-hybridized carbons (Fsp3) is 0.774. The molecule has 1 amide bonds. The molecule has 6 rings (SSSR count). The summed E-state index contributed by atoms with van der Waals surface area (Å²) < 4.78 is 52.0. The molecule has 21 heteroatoms. The first-order valence-corrected chi connectivity index (χ1v) is 26.1. The van der Waals surface area contributed by atoms with Gasteiger partial charge in [-0.1, -0.05) is 32.9 Å². The quantitative estimate of drug-likeness (QED) is 0.146. The number of benzene rings is 1. The van der Waals surface area contributed by atoms with E-state index in [1.807, 2.05) is 25.8 Å². The lowest BCUT2D eigenvalue weighted by atomic mass is 9.74. The Balaban J connectivity index is 1.24. The average Bonchev–Trinajstić information content (AvgIpc) is 3.98. The molecule has 1 aromatic carbocycles. The Morgan fingerprint density at radius 3 is 2.18 bits per heavy atom. The van der Waals surface area contributed by atoms with Crippen LogP contribution in [0.5, 0.6) is 0 Å². The van der Waals surface area contributed by atoms with Crippen molar-refractivity contribution in [1.29, 1.82) is 0 Å². The van der Waals surface area contributed by atoms with Crippen LogP contribution in [-0.2, 0) is 60.4 Å². The van der Waals surface area contributed by atoms with Gasteiger partial charge in [0.05, 0.1) is 66.4 Å². The Labute approximate surface area is 435 Å². The summed E-state index contributed by atoms with van der Waals surface area (Å²) in [6.07, 6.45) is -8.64. The van der Waals surface area contributed by atoms with Crippen molar-refractivity contribution in [2.75, 3.05) is 39.3 Å². The van der Waals surface area contributed by atoms with Crippen LogP contribution in [0, 0.1) is 23.7 Å². The summed E-state index contributed by atoms with van der Waals surface area (Å²) in [5.74, 6) is -4.91. The maximum atomic E-state index is 14.5. The summed E-state index contributed by atoms with van der Waals surface area (Å²) in [6, 6.07) is 6.30. The summed E-state index contributed by atoms with van der Waals surface area (Å²) >= 11 is 0. The van der Waals surface area contributed by atoms with Crippen LogP contribution in [-0.4, -0.2) is 189 Å². The Bertz CT molecular complexity index is 2230. The lowest BCUT2D eigenvalue weighted by Gasteiger charge is -2.50. The lowest BCUT2D eigenvalue weighted by Crippen LogP contribution is -2.61. The number of aliphatic hydroxyl groups is 4. The lowest BCUT2D eigenvalue weighted by molar-refractivity contribution is -0.319. The minimum atomic E-state index is -2.02. The van der Waals surface area contributed by atoms with E-state index in [9.17, 15) is 39.6 Å². The number of methoxy groups -OCH3 is 2. The third-order valence-electron chi connectivity index (χ3n) is 16.3. The molecule has 1 aromatic heterocycles. The maximum absolute atomic E-state index is 14.5. The second-order valence-electron chi connectivity index (χ2n) is 22.0. The number of carbonyl (C=O) groups excluding carboxylic acids is 4. The molecule has 5 heterocycles. The SMILES string of the molecule is CC[C@H]1OC(=O)[C@H](C)[C@@H](O[C@H]2C[C@@](C)(OC)[C@@H](O)[C@H](C)O2)C(C)[C@@H](O[C@@H]2O[C@H](C)C[C@H](N(C)CCc3cn(C[C@H]4CN(c5ccc(C(C)=O)cc5)C(=O)O4)nn3)[C@H]2O)[C@](C)(OC)C[C@@H](C)C(=O)[C@H](C)[C@@H](O)[C@]1(C)O. The monoisotopic (exact) mass is 1050 g/mol. The molecule has 1 unspecified atom stereocenters. The van der Waals surface area contributed by atoms with Crippen LogP contribution in [0.1, 0.15) is 118 Å². The fourth-order valence-corrected chi connectivity index (χ4v) is 11.4. The summed E-state index contributed by atoms with van der Waals surface area (Å²) in [7, 11) is 4.87. The average molecular weight is 1050 g/mol. The van der Waals surface area contributed by atoms with E-state index in [0.29, 0.717) is 42.9 Å². The molecule has 4 N–H and O–H groups in total. The first kappa shape index (κ1) is 59.2. The van der Waals surface area contributed by atoms with Crippen molar-refractivity contribution in [2.24, 2.45) is 23.7 Å². The fourth-order valence-electron chi connectivity index (χ4n) is 11.4. The number of likely N-dealkylation sites (N-methyl/N-ethyl adjacent to an activating group) is 1. The third-order valence-corrected chi connectivity index (χ3v) is 16.3. The van der Waals surface area contributed by atoms with E-state index in [4.69, 9.17) is 37.9 Å². The molecule has 0 aliphatic carbocycles. The second-order valence-corrected chi connectivity index (χ2v) is 22.0. The molecule has 4 fully saturated rings. The van der Waals surface area contributed by atoms with Gasteiger partial charge in [-0.25, -0.2) is 9.48 Å². The summed E-state index contributed by atoms with van der Waals surface area (Å²) in [5, 5.41) is 55.5. The van der Waals surface area contributed by atoms with Gasteiger partial charge in [0.2, 0.25) is 0 Å². The highest BCUT2D eigenvalue weighted by Gasteiger charge is 2.54. The molecule has 21 nitrogen and oxygen atoms in total. The number of cyclic esters (lactones) is 2. The largest absolute Gasteiger partial charge is 0.459 e. The van der Waals surface area contributed by atoms with Crippen molar-refractivity contribution in [2.45, 2.75) is 205 Å². The molecular formula is C53H83N5O16. The van der Waals surface area contributed by atoms with Crippen molar-refractivity contribution in [3.05, 3.63) is 41.7 Å². The minimum absolute atomic E-state index is 0.0457. The number of hydrogen-bond acceptors (Lipinski definition) is 19. The van der Waals surface area contributed by atoms with Gasteiger partial charge in [0.25, 0.3) is 0 Å². The number of hydrogen-bond donors (Lipinski definition) is 4. The molecule has 0 bridgehead atoms. The van der Waals surface area contributed by atoms with Gasteiger partial charge in [0.1, 0.15) is 35.8 Å². The molecule has 2 aromatic rings. The zero-order valence-corrected chi connectivity index (χ0v) is 45.7. The van der Waals surface area contributed by atoms with Crippen LogP contribution >= 0.6 is 0 Å². The van der Waals surface area contributed by atoms with E-state index in [1.54, 1.807) is 76.7 Å². The van der Waals surface area contributed by atoms with Crippen molar-refractivity contribution >= 4 is 29.3 Å². The number of ether oxygens (including phenoxy) is 8. The highest BCUT2D eigenvalue weighted by molar-refractivity contribution is 5.95. The van der Waals surface area contributed by atoms with Gasteiger partial charge in [0, 0.05) is 74.8 Å². The molecule has 0 spiro atoms. The van der Waals surface area contributed by atoms with Gasteiger partial charge in [-0.15, -0.1) is 5.10 Å². The molecule has 74 heavy (non-hydrogen) atoms. The zero-order valence-electron chi connectivity index (χ0n) is 45.7. The number of aromatic nitrogens is 3. The topological polar surface area (TPSA) is 260 Å². The zero-order chi connectivity index (χ0) is 54.8. The Morgan fingerprint density at radius 1 is 0.892 bits per heavy atom. The Hall–Kier alpha value is -4.00. The number of Topliss-reactive ketones (excluding diaryl/α,β-unsaturated/α-hetero) is 2. The van der Waals surface area contributed by atoms with Crippen molar-refractivity contribution in [1.82, 2.24) is 19.9 Å². The molecule has 0 saturated carbocycles. The summed E-state index contributed by atoms with van der Waals surface area (Å²) in [5.41, 5.74) is -2.60. The first-order chi connectivity index (χ1) is 34.7. The molecule has 4 aliphatic heterocycles. The number of anilines is 1. The van der Waals surface area contributed by atoms with Gasteiger partial charge in [-0.3, -0.25) is 19.3 Å². The van der Waals surface area contributed by atoms with Crippen LogP contribution in [0.3, 0.4) is 0 Å². The highest BCUT2D eigenvalue weighted by atomic mass is 16.7. The van der Waals surface area contributed by atoms with Crippen LogP contribution < -0.4 is 4.90 Å². The van der Waals surface area contributed by atoms with Crippen molar-refractivity contribution in [3.8, 4) is 0 Å². The van der Waals surface area contributed by atoms with Crippen molar-refractivity contribution < 1.29 is 77.5 Å². The molecular weight excluding hydrogens is 963 g/mol. The standard InChI is InChI=1S/C53H83N5O16/c1-15-40-53(11,66)45(62)30(4)42(60)28(2)23-52(10,68-14)47(31(5)44(32(6)48(64)72-40)73-41-24-51(9,67-13)46(63)34(8)70-41)74-49-43(61)39(22-29(3)69-49)56(12)21-20-36-25-57(55-54-36)26-38-27-58(50(65)71-38)37-18-16-35(17-19-37)33(7)59/h16-19,25,28-32,34,38-41,43-47,49,61-63,66H,15,20-24,26-27H2,1-14H3/t28-,29-,30+,31?,32-,34+,38+,39+,40-,41+,43-,44+,45-,46+,47-,49+,51-,52-,53-/m1/s1. The van der Waals surface area contributed by atoms with Crippen LogP contribution in [0.25, 0.3) is 0 Å². The van der Waals surface area contributed by atoms with E-state index >= 15 is 0 Å². The first-order valence-electron chi connectivity index (χ1n) is 26.1. The van der Waals surface area contributed by atoms with Crippen molar-refractivity contribution in [3.63, 3.8) is 0 Å². The number of aliphatic hydroxyl groups excluding tert-OH is 3. The van der Waals surface area contributed by atoms with Gasteiger partial charge in [-0.05, 0) is 99.0 Å². The predicted octanol–water partition coefficient (Wildman–Crippen LogP) is 3.87. The number of ketones is 2. The van der Waals surface area contributed by atoms with Gasteiger partial charge in [0.15, 0.2) is 18.4 Å². The Kier molecular flexibility index (Phi) is 19.3. The second kappa shape index (κ2) is 24.1. The van der Waals surface area contributed by atoms with Gasteiger partial charge >= 0.3 is 12.1 Å². The highest BCUT2D eigenvalue weighted by Crippen LogP contribution is 2.42. The van der Waals surface area contributed by atoms with Crippen LogP contribution in [0.15, 0.2) is 30.5 Å². The minimum Gasteiger partial charge on any atom is -0.459 e. The van der Waals surface area contributed by atoms with E-state index in [0.717, 1.165) is 0 Å². The number of esters is 1. The molecule has 0 radical (unpaired) electrons. The van der Waals surface area contributed by atoms with Crippen LogP contribution in [0.4, 0.5) is 10.5 Å².